The molecule has 1 amide bonds. The Morgan fingerprint density at radius 3 is 2.62 bits per heavy atom. The van der Waals surface area contributed by atoms with Crippen molar-refractivity contribution in [3.8, 4) is 0 Å². The molecule has 0 aromatic heterocycles. The summed E-state index contributed by atoms with van der Waals surface area (Å²) in [5.41, 5.74) is 0.407. The molecule has 0 spiro atoms. The van der Waals surface area contributed by atoms with Gasteiger partial charge >= 0.3 is 0 Å². The molecule has 0 aliphatic rings. The molecular formula is C8H8Cl2FNO. The monoisotopic (exact) mass is 223 g/mol. The van der Waals surface area contributed by atoms with Gasteiger partial charge in [0.1, 0.15) is 5.82 Å². The van der Waals surface area contributed by atoms with Crippen LogP contribution in [0.15, 0.2) is 18.2 Å². The van der Waals surface area contributed by atoms with Gasteiger partial charge in [-0.2, -0.15) is 0 Å². The van der Waals surface area contributed by atoms with Gasteiger partial charge < -0.3 is 5.32 Å². The lowest BCUT2D eigenvalue weighted by atomic mass is 10.3. The summed E-state index contributed by atoms with van der Waals surface area (Å²) in [7, 11) is 0. The van der Waals surface area contributed by atoms with Crippen molar-refractivity contribution >= 4 is 35.6 Å². The SMILES string of the molecule is CC(=O)Nc1ccc(Cl)c(F)c1.Cl. The molecule has 0 radical (unpaired) electrons. The molecule has 2 nitrogen and oxygen atoms in total. The number of hydrogen-bond acceptors (Lipinski definition) is 1. The highest BCUT2D eigenvalue weighted by Gasteiger charge is 2.01. The fourth-order valence-corrected chi connectivity index (χ4v) is 0.895. The molecule has 0 saturated carbocycles. The number of halogens is 3. The van der Waals surface area contributed by atoms with Gasteiger partial charge in [-0.1, -0.05) is 11.6 Å². The standard InChI is InChI=1S/C8H7ClFNO.ClH/c1-5(12)11-6-2-3-7(9)8(10)4-6;/h2-4H,1H3,(H,11,12);1H. The lowest BCUT2D eigenvalue weighted by molar-refractivity contribution is -0.114. The molecule has 0 bridgehead atoms. The molecule has 0 heterocycles. The van der Waals surface area contributed by atoms with Crippen molar-refractivity contribution in [1.82, 2.24) is 0 Å². The van der Waals surface area contributed by atoms with Gasteiger partial charge in [-0.15, -0.1) is 12.4 Å². The van der Waals surface area contributed by atoms with Crippen molar-refractivity contribution in [3.05, 3.63) is 29.0 Å². The zero-order valence-corrected chi connectivity index (χ0v) is 8.38. The van der Waals surface area contributed by atoms with Crippen molar-refractivity contribution < 1.29 is 9.18 Å². The normalized spacial score (nSPS) is 8.85. The van der Waals surface area contributed by atoms with E-state index in [0.29, 0.717) is 5.69 Å². The van der Waals surface area contributed by atoms with Gasteiger partial charge in [0.05, 0.1) is 5.02 Å². The largest absolute Gasteiger partial charge is 0.326 e. The first-order valence-corrected chi connectivity index (χ1v) is 3.70. The summed E-state index contributed by atoms with van der Waals surface area (Å²) in [5, 5.41) is 2.48. The Bertz CT molecular complexity index is 317. The second kappa shape index (κ2) is 5.04. The highest BCUT2D eigenvalue weighted by molar-refractivity contribution is 6.30. The van der Waals surface area contributed by atoms with Crippen LogP contribution in [-0.4, -0.2) is 5.91 Å². The van der Waals surface area contributed by atoms with E-state index in [1.54, 1.807) is 0 Å². The van der Waals surface area contributed by atoms with E-state index in [0.717, 1.165) is 0 Å². The number of carbonyl (C=O) groups excluding carboxylic acids is 1. The summed E-state index contributed by atoms with van der Waals surface area (Å²) in [6, 6.07) is 4.10. The molecule has 5 heteroatoms. The highest BCUT2D eigenvalue weighted by atomic mass is 35.5. The van der Waals surface area contributed by atoms with Crippen LogP contribution >= 0.6 is 24.0 Å². The molecule has 1 rings (SSSR count). The maximum absolute atomic E-state index is 12.7. The number of benzene rings is 1. The van der Waals surface area contributed by atoms with Gasteiger partial charge in [-0.05, 0) is 18.2 Å². The molecule has 0 fully saturated rings. The van der Waals surface area contributed by atoms with Gasteiger partial charge in [-0.25, -0.2) is 4.39 Å². The third kappa shape index (κ3) is 3.61. The fraction of sp³-hybridized carbons (Fsp3) is 0.125. The van der Waals surface area contributed by atoms with Crippen LogP contribution in [0.2, 0.25) is 5.02 Å². The molecule has 72 valence electrons. The van der Waals surface area contributed by atoms with E-state index < -0.39 is 5.82 Å². The maximum atomic E-state index is 12.7. The molecular weight excluding hydrogens is 216 g/mol. The molecule has 1 aromatic rings. The van der Waals surface area contributed by atoms with Crippen molar-refractivity contribution in [2.24, 2.45) is 0 Å². The number of amides is 1. The third-order valence-corrected chi connectivity index (χ3v) is 1.55. The van der Waals surface area contributed by atoms with Crippen LogP contribution < -0.4 is 5.32 Å². The Hall–Kier alpha value is -0.800. The van der Waals surface area contributed by atoms with Gasteiger partial charge in [0, 0.05) is 12.6 Å². The number of hydrogen-bond donors (Lipinski definition) is 1. The van der Waals surface area contributed by atoms with E-state index in [2.05, 4.69) is 5.32 Å². The first-order chi connectivity index (χ1) is 5.59. The second-order valence-corrected chi connectivity index (χ2v) is 2.72. The number of anilines is 1. The predicted octanol–water partition coefficient (Wildman–Crippen LogP) is 2.86. The van der Waals surface area contributed by atoms with Crippen LogP contribution in [0, 0.1) is 5.82 Å². The Labute approximate surface area is 86.5 Å². The lowest BCUT2D eigenvalue weighted by Crippen LogP contribution is -2.05. The van der Waals surface area contributed by atoms with Crippen LogP contribution in [0.25, 0.3) is 0 Å². The van der Waals surface area contributed by atoms with Crippen molar-refractivity contribution in [2.75, 3.05) is 5.32 Å². The molecule has 0 saturated heterocycles. The van der Waals surface area contributed by atoms with E-state index in [-0.39, 0.29) is 23.3 Å². The fourth-order valence-electron chi connectivity index (χ4n) is 0.777. The smallest absolute Gasteiger partial charge is 0.221 e. The average molecular weight is 224 g/mol. The topological polar surface area (TPSA) is 29.1 Å². The summed E-state index contributed by atoms with van der Waals surface area (Å²) in [5.74, 6) is -0.778. The summed E-state index contributed by atoms with van der Waals surface area (Å²) >= 11 is 5.43. The summed E-state index contributed by atoms with van der Waals surface area (Å²) < 4.78 is 12.7. The highest BCUT2D eigenvalue weighted by Crippen LogP contribution is 2.18. The minimum absolute atomic E-state index is 0. The molecule has 1 N–H and O–H groups in total. The van der Waals surface area contributed by atoms with Crippen molar-refractivity contribution in [3.63, 3.8) is 0 Å². The Balaban J connectivity index is 0.00000144. The van der Waals surface area contributed by atoms with Crippen LogP contribution in [0.5, 0.6) is 0 Å². The molecule has 0 unspecified atom stereocenters. The van der Waals surface area contributed by atoms with E-state index >= 15 is 0 Å². The minimum atomic E-state index is -0.539. The van der Waals surface area contributed by atoms with Crippen LogP contribution in [0.3, 0.4) is 0 Å². The van der Waals surface area contributed by atoms with Crippen LogP contribution in [0.1, 0.15) is 6.92 Å². The molecule has 1 aromatic carbocycles. The lowest BCUT2D eigenvalue weighted by Gasteiger charge is -2.01. The molecule has 0 aliphatic heterocycles. The first-order valence-electron chi connectivity index (χ1n) is 3.32. The third-order valence-electron chi connectivity index (χ3n) is 1.24. The second-order valence-electron chi connectivity index (χ2n) is 2.31. The Kier molecular flexibility index (Phi) is 4.73. The van der Waals surface area contributed by atoms with Gasteiger partial charge in [0.15, 0.2) is 0 Å². The molecule has 13 heavy (non-hydrogen) atoms. The van der Waals surface area contributed by atoms with E-state index in [1.807, 2.05) is 0 Å². The Morgan fingerprint density at radius 2 is 2.15 bits per heavy atom. The summed E-state index contributed by atoms with van der Waals surface area (Å²) in [6.45, 7) is 1.35. The predicted molar refractivity (Wildman–Crippen MR) is 53.0 cm³/mol. The van der Waals surface area contributed by atoms with Crippen LogP contribution in [-0.2, 0) is 4.79 Å². The summed E-state index contributed by atoms with van der Waals surface area (Å²) in [4.78, 5) is 10.5. The van der Waals surface area contributed by atoms with Gasteiger partial charge in [0.2, 0.25) is 5.91 Å². The van der Waals surface area contributed by atoms with E-state index in [1.165, 1.54) is 25.1 Å². The number of carbonyl (C=O) groups is 1. The van der Waals surface area contributed by atoms with E-state index in [4.69, 9.17) is 11.6 Å². The summed E-state index contributed by atoms with van der Waals surface area (Å²) in [6.07, 6.45) is 0. The first kappa shape index (κ1) is 12.2. The van der Waals surface area contributed by atoms with Gasteiger partial charge in [0.25, 0.3) is 0 Å². The zero-order valence-electron chi connectivity index (χ0n) is 6.80. The van der Waals surface area contributed by atoms with Crippen molar-refractivity contribution in [1.29, 1.82) is 0 Å². The van der Waals surface area contributed by atoms with Crippen molar-refractivity contribution in [2.45, 2.75) is 6.92 Å². The minimum Gasteiger partial charge on any atom is -0.326 e. The van der Waals surface area contributed by atoms with Crippen LogP contribution in [0.4, 0.5) is 10.1 Å². The molecule has 0 atom stereocenters. The zero-order chi connectivity index (χ0) is 9.14. The van der Waals surface area contributed by atoms with E-state index in [9.17, 15) is 9.18 Å². The number of nitrogens with one attached hydrogen (secondary N) is 1. The molecule has 0 aliphatic carbocycles. The maximum Gasteiger partial charge on any atom is 0.221 e. The quantitative estimate of drug-likeness (QED) is 0.780. The van der Waals surface area contributed by atoms with Gasteiger partial charge in [-0.3, -0.25) is 4.79 Å². The number of rotatable bonds is 1. The average Bonchev–Trinajstić information content (AvgIpc) is 1.96. The Morgan fingerprint density at radius 1 is 1.54 bits per heavy atom.